The Morgan fingerprint density at radius 1 is 0.971 bits per heavy atom. The Bertz CT molecular complexity index is 850. The first kappa shape index (κ1) is 27.7. The largest absolute Gasteiger partial charge is 0.397 e. The minimum Gasteiger partial charge on any atom is -0.396 e. The van der Waals surface area contributed by atoms with Crippen molar-refractivity contribution in [2.45, 2.75) is 109 Å². The van der Waals surface area contributed by atoms with Crippen LogP contribution in [0.5, 0.6) is 0 Å². The van der Waals surface area contributed by atoms with Crippen LogP contribution in [0.3, 0.4) is 0 Å². The van der Waals surface area contributed by atoms with E-state index in [9.17, 15) is 28.8 Å². The molecular weight excluding hydrogens is 472 g/mol. The van der Waals surface area contributed by atoms with Crippen LogP contribution in [0, 0.1) is 46.3 Å². The molecule has 204 valence electrons. The molecule has 0 heterocycles. The first-order valence-corrected chi connectivity index (χ1v) is 15.0. The lowest BCUT2D eigenvalue weighted by Crippen LogP contribution is -2.62. The number of hydrogen-bond donors (Lipinski definition) is 5. The first-order chi connectivity index (χ1) is 16.3. The summed E-state index contributed by atoms with van der Waals surface area (Å²) in [6, 6.07) is 0. The van der Waals surface area contributed by atoms with E-state index in [-0.39, 0.29) is 59.6 Å². The van der Waals surface area contributed by atoms with E-state index in [1.807, 2.05) is 0 Å². The fourth-order valence-corrected chi connectivity index (χ4v) is 9.87. The van der Waals surface area contributed by atoms with Crippen LogP contribution in [0.1, 0.15) is 85.0 Å². The summed E-state index contributed by atoms with van der Waals surface area (Å²) in [5, 5.41) is 42.6. The lowest BCUT2D eigenvalue weighted by molar-refractivity contribution is -0.207. The van der Waals surface area contributed by atoms with Gasteiger partial charge in [0.15, 0.2) is 0 Å². The molecule has 0 aliphatic heterocycles. The number of hydrogen-bond acceptors (Lipinski definition) is 7. The maximum Gasteiger partial charge on any atom is 0.397 e. The topological polar surface area (TPSA) is 145 Å². The highest BCUT2D eigenvalue weighted by molar-refractivity contribution is 7.80. The van der Waals surface area contributed by atoms with Crippen LogP contribution < -0.4 is 0 Å². The summed E-state index contributed by atoms with van der Waals surface area (Å²) in [5.41, 5.74) is -0.283. The third-order valence-electron chi connectivity index (χ3n) is 11.2. The Balaban J connectivity index is 1.50. The molecule has 0 radical (unpaired) electrons. The molecule has 8 nitrogen and oxygen atoms in total. The second kappa shape index (κ2) is 10.1. The van der Waals surface area contributed by atoms with Crippen LogP contribution in [0.15, 0.2) is 0 Å². The summed E-state index contributed by atoms with van der Waals surface area (Å²) < 4.78 is 36.2. The maximum absolute atomic E-state index is 11.7. The van der Waals surface area contributed by atoms with Gasteiger partial charge in [-0.05, 0) is 111 Å². The molecule has 4 saturated carbocycles. The smallest absolute Gasteiger partial charge is 0.396 e. The van der Waals surface area contributed by atoms with Gasteiger partial charge in [-0.25, -0.2) is 4.18 Å². The number of aliphatic hydroxyl groups is 4. The number of rotatable bonds is 8. The van der Waals surface area contributed by atoms with Crippen molar-refractivity contribution in [2.24, 2.45) is 46.3 Å². The van der Waals surface area contributed by atoms with Crippen molar-refractivity contribution in [2.75, 3.05) is 6.61 Å². The first-order valence-electron chi connectivity index (χ1n) is 13.6. The highest BCUT2D eigenvalue weighted by atomic mass is 32.3. The minimum absolute atomic E-state index is 0.0414. The Hall–Kier alpha value is -0.290. The van der Waals surface area contributed by atoms with Crippen molar-refractivity contribution in [3.63, 3.8) is 0 Å². The van der Waals surface area contributed by atoms with Crippen molar-refractivity contribution in [1.82, 2.24) is 0 Å². The van der Waals surface area contributed by atoms with Gasteiger partial charge in [-0.15, -0.1) is 0 Å². The van der Waals surface area contributed by atoms with Crippen molar-refractivity contribution < 1.29 is 37.6 Å². The Kier molecular flexibility index (Phi) is 8.02. The van der Waals surface area contributed by atoms with Gasteiger partial charge in [0.2, 0.25) is 0 Å². The van der Waals surface area contributed by atoms with Crippen LogP contribution in [0.25, 0.3) is 0 Å². The third-order valence-corrected chi connectivity index (χ3v) is 11.7. The van der Waals surface area contributed by atoms with E-state index in [1.165, 1.54) is 0 Å². The molecule has 0 bridgehead atoms. The van der Waals surface area contributed by atoms with Gasteiger partial charge in [0.05, 0.1) is 24.4 Å². The van der Waals surface area contributed by atoms with Crippen molar-refractivity contribution in [3.05, 3.63) is 0 Å². The predicted octanol–water partition coefficient (Wildman–Crippen LogP) is 2.93. The summed E-state index contributed by atoms with van der Waals surface area (Å²) in [5.74, 6) is 1.35. The van der Waals surface area contributed by atoms with E-state index >= 15 is 0 Å². The third kappa shape index (κ3) is 5.08. The summed E-state index contributed by atoms with van der Waals surface area (Å²) in [7, 11) is -4.59. The van der Waals surface area contributed by atoms with Crippen molar-refractivity contribution in [1.29, 1.82) is 0 Å². The Labute approximate surface area is 210 Å². The average molecular weight is 519 g/mol. The van der Waals surface area contributed by atoms with Crippen LogP contribution in [0.4, 0.5) is 0 Å². The van der Waals surface area contributed by atoms with Crippen LogP contribution in [-0.2, 0) is 14.6 Å². The summed E-state index contributed by atoms with van der Waals surface area (Å²) in [6.07, 6.45) is 5.06. The normalized spacial score (nSPS) is 47.4. The van der Waals surface area contributed by atoms with E-state index in [0.29, 0.717) is 25.2 Å². The molecule has 4 unspecified atom stereocenters. The van der Waals surface area contributed by atoms with Gasteiger partial charge < -0.3 is 20.4 Å². The lowest BCUT2D eigenvalue weighted by atomic mass is 9.43. The summed E-state index contributed by atoms with van der Waals surface area (Å²) >= 11 is 0. The van der Waals surface area contributed by atoms with Crippen LogP contribution >= 0.6 is 0 Å². The summed E-state index contributed by atoms with van der Waals surface area (Å²) in [6.45, 7) is 6.43. The van der Waals surface area contributed by atoms with E-state index in [0.717, 1.165) is 38.5 Å². The van der Waals surface area contributed by atoms with E-state index in [2.05, 4.69) is 20.8 Å². The highest BCUT2D eigenvalue weighted by Gasteiger charge is 2.65. The molecule has 5 N–H and O–H groups in total. The van der Waals surface area contributed by atoms with Gasteiger partial charge in [0.25, 0.3) is 0 Å². The van der Waals surface area contributed by atoms with Gasteiger partial charge in [-0.1, -0.05) is 20.8 Å². The Morgan fingerprint density at radius 3 is 2.34 bits per heavy atom. The van der Waals surface area contributed by atoms with Gasteiger partial charge in [0.1, 0.15) is 0 Å². The molecule has 0 saturated heterocycles. The monoisotopic (exact) mass is 518 g/mol. The van der Waals surface area contributed by atoms with Crippen molar-refractivity contribution >= 4 is 10.4 Å². The second-order valence-corrected chi connectivity index (χ2v) is 13.8. The molecule has 0 amide bonds. The van der Waals surface area contributed by atoms with Crippen LogP contribution in [-0.4, -0.2) is 64.4 Å². The zero-order chi connectivity index (χ0) is 25.8. The molecular formula is C26H46O8S. The molecule has 4 fully saturated rings. The SMILES string of the molecule is CC(CCC(CCO)OS(=O)(=O)O)[C@H]1CC[C@H]2[C@@H]3[C@H](O)C[C@H]4C[C@H](O)CCC4(C)[C@H]3C[C@H](O)C12C. The maximum atomic E-state index is 11.7. The van der Waals surface area contributed by atoms with Gasteiger partial charge in [-0.3, -0.25) is 4.55 Å². The average Bonchev–Trinajstić information content (AvgIpc) is 3.11. The zero-order valence-corrected chi connectivity index (χ0v) is 22.2. The summed E-state index contributed by atoms with van der Waals surface area (Å²) in [4.78, 5) is 0. The number of fused-ring (bicyclic) bond motifs is 5. The molecule has 12 atom stereocenters. The quantitative estimate of drug-likeness (QED) is 0.309. The zero-order valence-electron chi connectivity index (χ0n) is 21.4. The lowest BCUT2D eigenvalue weighted by Gasteiger charge is -2.63. The van der Waals surface area contributed by atoms with E-state index in [4.69, 9.17) is 8.74 Å². The molecule has 4 aliphatic carbocycles. The van der Waals surface area contributed by atoms with E-state index in [1.54, 1.807) is 0 Å². The van der Waals surface area contributed by atoms with Gasteiger partial charge in [0, 0.05) is 6.61 Å². The standard InChI is InChI=1S/C26H46O8S/c1-15(4-5-18(9-11-27)34-35(31,32)33)19-6-7-20-24-21(14-23(30)26(19,20)3)25(2)10-8-17(28)12-16(25)13-22(24)29/h15-24,27-30H,4-14H2,1-3H3,(H,31,32,33)/t15?,16-,17-,18?,19-,20+,21+,22-,23+,24+,25?,26?/m1/s1. The van der Waals surface area contributed by atoms with Crippen molar-refractivity contribution in [3.8, 4) is 0 Å². The van der Waals surface area contributed by atoms with Gasteiger partial charge in [-0.2, -0.15) is 8.42 Å². The molecule has 0 aromatic rings. The minimum atomic E-state index is -4.59. The molecule has 9 heteroatoms. The second-order valence-electron chi connectivity index (χ2n) is 12.7. The van der Waals surface area contributed by atoms with Crippen LogP contribution in [0.2, 0.25) is 0 Å². The van der Waals surface area contributed by atoms with Gasteiger partial charge >= 0.3 is 10.4 Å². The molecule has 0 aromatic carbocycles. The Morgan fingerprint density at radius 2 is 1.69 bits per heavy atom. The molecule has 35 heavy (non-hydrogen) atoms. The fourth-order valence-electron chi connectivity index (χ4n) is 9.34. The number of aliphatic hydroxyl groups excluding tert-OH is 4. The predicted molar refractivity (Wildman–Crippen MR) is 131 cm³/mol. The molecule has 4 aliphatic rings. The highest BCUT2D eigenvalue weighted by Crippen LogP contribution is 2.68. The molecule has 4 rings (SSSR count). The molecule has 0 spiro atoms. The fraction of sp³-hybridized carbons (Fsp3) is 1.00. The van der Waals surface area contributed by atoms with E-state index < -0.39 is 28.7 Å². The molecule has 0 aromatic heterocycles.